The molecule has 1 N–H and O–H groups in total. The Morgan fingerprint density at radius 3 is 2.67 bits per heavy atom. The number of nitrogens with one attached hydrogen (secondary N) is 1. The van der Waals surface area contributed by atoms with Gasteiger partial charge in [0.25, 0.3) is 5.91 Å². The maximum Gasteiger partial charge on any atom is 0.252 e. The van der Waals surface area contributed by atoms with Crippen LogP contribution >= 0.6 is 11.3 Å². The molecule has 4 nitrogen and oxygen atoms in total. The minimum absolute atomic E-state index is 0.0610. The van der Waals surface area contributed by atoms with Gasteiger partial charge in [0.1, 0.15) is 5.60 Å². The van der Waals surface area contributed by atoms with Crippen LogP contribution in [0.5, 0.6) is 0 Å². The third kappa shape index (κ3) is 3.83. The van der Waals surface area contributed by atoms with Crippen molar-refractivity contribution in [3.05, 3.63) is 15.6 Å². The second-order valence-electron chi connectivity index (χ2n) is 5.60. The van der Waals surface area contributed by atoms with Crippen molar-refractivity contribution < 1.29 is 9.53 Å². The molecule has 0 unspecified atom stereocenters. The Bertz CT molecular complexity index is 479. The molecule has 0 saturated heterocycles. The molecule has 21 heavy (non-hydrogen) atoms. The van der Waals surface area contributed by atoms with Gasteiger partial charge in [0.2, 0.25) is 0 Å². The first kappa shape index (κ1) is 16.4. The van der Waals surface area contributed by atoms with Crippen molar-refractivity contribution in [3.8, 4) is 0 Å². The molecule has 0 aliphatic heterocycles. The van der Waals surface area contributed by atoms with Gasteiger partial charge in [-0.2, -0.15) is 0 Å². The molecule has 2 rings (SSSR count). The molecule has 0 aromatic carbocycles. The molecule has 0 atom stereocenters. The zero-order valence-electron chi connectivity index (χ0n) is 13.3. The van der Waals surface area contributed by atoms with E-state index in [0.717, 1.165) is 43.5 Å². The minimum Gasteiger partial charge on any atom is -0.365 e. The minimum atomic E-state index is -0.567. The van der Waals surface area contributed by atoms with E-state index in [2.05, 4.69) is 24.1 Å². The Morgan fingerprint density at radius 2 is 2.10 bits per heavy atom. The first-order chi connectivity index (χ1) is 10.1. The molecule has 1 fully saturated rings. The third-order valence-corrected chi connectivity index (χ3v) is 5.21. The first-order valence-corrected chi connectivity index (χ1v) is 8.80. The van der Waals surface area contributed by atoms with E-state index in [-0.39, 0.29) is 5.91 Å². The smallest absolute Gasteiger partial charge is 0.252 e. The first-order valence-electron chi connectivity index (χ1n) is 7.98. The van der Waals surface area contributed by atoms with Crippen molar-refractivity contribution in [2.45, 2.75) is 64.9 Å². The molecule has 1 heterocycles. The molecular weight excluding hydrogens is 284 g/mol. The number of aromatic nitrogens is 1. The van der Waals surface area contributed by atoms with Crippen LogP contribution in [0.2, 0.25) is 0 Å². The number of aryl methyl sites for hydroxylation is 2. The zero-order chi connectivity index (χ0) is 15.3. The number of ether oxygens (including phenoxy) is 1. The van der Waals surface area contributed by atoms with E-state index in [1.807, 2.05) is 6.92 Å². The summed E-state index contributed by atoms with van der Waals surface area (Å²) < 4.78 is 5.77. The highest BCUT2D eigenvalue weighted by molar-refractivity contribution is 7.11. The van der Waals surface area contributed by atoms with Gasteiger partial charge in [0.15, 0.2) is 0 Å². The van der Waals surface area contributed by atoms with Crippen LogP contribution < -0.4 is 5.32 Å². The van der Waals surface area contributed by atoms with E-state index in [1.54, 1.807) is 11.3 Å². The number of carbonyl (C=O) groups excluding carboxylic acids is 1. The Balaban J connectivity index is 1.85. The summed E-state index contributed by atoms with van der Waals surface area (Å²) in [5.41, 5.74) is 0.616. The monoisotopic (exact) mass is 310 g/mol. The highest BCUT2D eigenvalue weighted by atomic mass is 32.1. The van der Waals surface area contributed by atoms with Crippen molar-refractivity contribution >= 4 is 17.2 Å². The van der Waals surface area contributed by atoms with Gasteiger partial charge in [-0.25, -0.2) is 4.98 Å². The Labute approximate surface area is 131 Å². The van der Waals surface area contributed by atoms with E-state index >= 15 is 0 Å². The van der Waals surface area contributed by atoms with E-state index in [9.17, 15) is 4.79 Å². The Morgan fingerprint density at radius 1 is 1.38 bits per heavy atom. The van der Waals surface area contributed by atoms with Gasteiger partial charge in [-0.1, -0.05) is 6.92 Å². The molecule has 118 valence electrons. The van der Waals surface area contributed by atoms with Crippen LogP contribution in [-0.4, -0.2) is 29.6 Å². The molecule has 0 bridgehead atoms. The van der Waals surface area contributed by atoms with Gasteiger partial charge in [0, 0.05) is 24.4 Å². The number of amides is 1. The average molecular weight is 310 g/mol. The highest BCUT2D eigenvalue weighted by Gasteiger charge is 2.41. The van der Waals surface area contributed by atoms with Gasteiger partial charge < -0.3 is 10.1 Å². The van der Waals surface area contributed by atoms with E-state index in [0.29, 0.717) is 13.2 Å². The largest absolute Gasteiger partial charge is 0.365 e. The lowest BCUT2D eigenvalue weighted by molar-refractivity contribution is -0.145. The summed E-state index contributed by atoms with van der Waals surface area (Å²) >= 11 is 1.74. The molecule has 1 aromatic heterocycles. The van der Waals surface area contributed by atoms with Gasteiger partial charge in [0.05, 0.1) is 10.7 Å². The molecule has 5 heteroatoms. The highest BCUT2D eigenvalue weighted by Crippen LogP contribution is 2.33. The SMILES string of the molecule is CCOC1(C(=O)NCCc2nc(CC)c(C)s2)CCCC1. The van der Waals surface area contributed by atoms with Gasteiger partial charge in [-0.15, -0.1) is 11.3 Å². The maximum absolute atomic E-state index is 12.4. The lowest BCUT2D eigenvalue weighted by Crippen LogP contribution is -2.47. The van der Waals surface area contributed by atoms with Crippen LogP contribution in [-0.2, 0) is 22.4 Å². The molecule has 0 radical (unpaired) electrons. The summed E-state index contributed by atoms with van der Waals surface area (Å²) in [6, 6.07) is 0. The quantitative estimate of drug-likeness (QED) is 0.842. The zero-order valence-corrected chi connectivity index (χ0v) is 14.1. The van der Waals surface area contributed by atoms with Crippen LogP contribution in [0.3, 0.4) is 0 Å². The molecular formula is C16H26N2O2S. The fraction of sp³-hybridized carbons (Fsp3) is 0.750. The second kappa shape index (κ2) is 7.36. The Hall–Kier alpha value is -0.940. The number of hydrogen-bond donors (Lipinski definition) is 1. The lowest BCUT2D eigenvalue weighted by Gasteiger charge is -2.27. The number of nitrogens with zero attached hydrogens (tertiary/aromatic N) is 1. The second-order valence-corrected chi connectivity index (χ2v) is 6.89. The van der Waals surface area contributed by atoms with Crippen LogP contribution in [0.15, 0.2) is 0 Å². The standard InChI is InChI=1S/C16H26N2O2S/c1-4-13-12(3)21-14(18-13)8-11-17-15(19)16(20-5-2)9-6-7-10-16/h4-11H2,1-3H3,(H,17,19). The maximum atomic E-state index is 12.4. The van der Waals surface area contributed by atoms with Crippen molar-refractivity contribution in [2.75, 3.05) is 13.2 Å². The number of hydrogen-bond acceptors (Lipinski definition) is 4. The van der Waals surface area contributed by atoms with Crippen molar-refractivity contribution in [1.29, 1.82) is 0 Å². The predicted molar refractivity (Wildman–Crippen MR) is 85.8 cm³/mol. The number of thiazole rings is 1. The topological polar surface area (TPSA) is 51.2 Å². The molecule has 1 aromatic rings. The van der Waals surface area contributed by atoms with Gasteiger partial charge in [-0.3, -0.25) is 4.79 Å². The summed E-state index contributed by atoms with van der Waals surface area (Å²) in [6.45, 7) is 7.43. The van der Waals surface area contributed by atoms with Crippen LogP contribution in [0.1, 0.15) is 55.1 Å². The van der Waals surface area contributed by atoms with E-state index in [1.165, 1.54) is 10.6 Å². The molecule has 1 amide bonds. The summed E-state index contributed by atoms with van der Waals surface area (Å²) in [7, 11) is 0. The third-order valence-electron chi connectivity index (χ3n) is 4.14. The summed E-state index contributed by atoms with van der Waals surface area (Å²) in [5, 5.41) is 4.16. The fourth-order valence-corrected chi connectivity index (χ4v) is 4.05. The predicted octanol–water partition coefficient (Wildman–Crippen LogP) is 3.02. The summed E-state index contributed by atoms with van der Waals surface area (Å²) in [5.74, 6) is 0.0610. The molecule has 1 saturated carbocycles. The van der Waals surface area contributed by atoms with Crippen molar-refractivity contribution in [1.82, 2.24) is 10.3 Å². The van der Waals surface area contributed by atoms with E-state index in [4.69, 9.17) is 4.74 Å². The molecule has 0 spiro atoms. The van der Waals surface area contributed by atoms with Crippen LogP contribution in [0.4, 0.5) is 0 Å². The molecule has 1 aliphatic carbocycles. The average Bonchev–Trinajstić information content (AvgIpc) is 3.07. The fourth-order valence-electron chi connectivity index (χ4n) is 3.03. The normalized spacial score (nSPS) is 17.1. The molecule has 1 aliphatic rings. The van der Waals surface area contributed by atoms with Crippen LogP contribution in [0, 0.1) is 6.92 Å². The number of rotatable bonds is 7. The van der Waals surface area contributed by atoms with Crippen LogP contribution in [0.25, 0.3) is 0 Å². The van der Waals surface area contributed by atoms with Crippen molar-refractivity contribution in [2.24, 2.45) is 0 Å². The summed E-state index contributed by atoms with van der Waals surface area (Å²) in [4.78, 5) is 18.3. The lowest BCUT2D eigenvalue weighted by atomic mass is 10.0. The Kier molecular flexibility index (Phi) is 5.76. The number of carbonyl (C=O) groups is 1. The van der Waals surface area contributed by atoms with Gasteiger partial charge in [-0.05, 0) is 46.0 Å². The van der Waals surface area contributed by atoms with Crippen molar-refractivity contribution in [3.63, 3.8) is 0 Å². The van der Waals surface area contributed by atoms with E-state index < -0.39 is 5.60 Å². The summed E-state index contributed by atoms with van der Waals surface area (Å²) in [6.07, 6.45) is 5.64. The van der Waals surface area contributed by atoms with Gasteiger partial charge >= 0.3 is 0 Å².